The van der Waals surface area contributed by atoms with Gasteiger partial charge in [0.15, 0.2) is 0 Å². The fourth-order valence-corrected chi connectivity index (χ4v) is 2.09. The number of carbonyl (C=O) groups is 2. The number of hydrazone groups is 5. The Hall–Kier alpha value is -4.40. The van der Waals surface area contributed by atoms with Gasteiger partial charge in [0.1, 0.15) is 11.4 Å². The van der Waals surface area contributed by atoms with Crippen LogP contribution in [0.5, 0.6) is 0 Å². The summed E-state index contributed by atoms with van der Waals surface area (Å²) >= 11 is 0. The SMILES string of the molecule is CN(C)/N=C/C1=NNC(=O)N(/N=C/c2cccnc2)C1.CN(C)/N=C/C1=NNC(=O)N(N)C1. The number of rotatable bonds is 6. The van der Waals surface area contributed by atoms with Crippen molar-refractivity contribution in [1.82, 2.24) is 35.9 Å². The molecule has 0 fully saturated rings. The molecule has 0 bridgehead atoms. The Balaban J connectivity index is 0.000000257. The molecule has 0 aliphatic carbocycles. The standard InChI is InChI=1S/C12H15N7O.C6H12N6O/c1-18(2)14-8-11-9-19(12(20)17-16-11)15-7-10-4-3-5-13-6-10;1-11(2)8-3-5-4-12(7)6(13)10-9-5/h3-8H,9H2,1-2H3,(H,17,20);3H,4,7H2,1-2H3,(H,10,13)/b14-8+,15-7+;8-3+. The molecule has 1 aromatic heterocycles. The largest absolute Gasteiger partial charge is 0.358 e. The molecule has 0 unspecified atom stereocenters. The minimum Gasteiger partial charge on any atom is -0.303 e. The Kier molecular flexibility index (Phi) is 9.38. The molecule has 0 aromatic carbocycles. The van der Waals surface area contributed by atoms with Crippen LogP contribution in [-0.4, -0.2) is 108 Å². The summed E-state index contributed by atoms with van der Waals surface area (Å²) in [5, 5.41) is 25.4. The molecule has 0 radical (unpaired) electrons. The molecule has 1 aromatic rings. The predicted octanol–water partition coefficient (Wildman–Crippen LogP) is -0.867. The van der Waals surface area contributed by atoms with Gasteiger partial charge in [0.05, 0.1) is 31.7 Å². The zero-order valence-corrected chi connectivity index (χ0v) is 18.8. The van der Waals surface area contributed by atoms with Gasteiger partial charge < -0.3 is 10.0 Å². The second kappa shape index (κ2) is 12.5. The molecule has 2 aliphatic rings. The Morgan fingerprint density at radius 3 is 2.12 bits per heavy atom. The monoisotopic (exact) mass is 457 g/mol. The lowest BCUT2D eigenvalue weighted by atomic mass is 10.3. The molecule has 0 spiro atoms. The molecule has 0 saturated heterocycles. The number of carbonyl (C=O) groups excluding carboxylic acids is 2. The van der Waals surface area contributed by atoms with Crippen molar-refractivity contribution < 1.29 is 9.59 Å². The van der Waals surface area contributed by atoms with Crippen LogP contribution in [0.2, 0.25) is 0 Å². The van der Waals surface area contributed by atoms with Crippen LogP contribution in [0.1, 0.15) is 5.56 Å². The van der Waals surface area contributed by atoms with Gasteiger partial charge in [-0.3, -0.25) is 9.99 Å². The average Bonchev–Trinajstić information content (AvgIpc) is 2.79. The van der Waals surface area contributed by atoms with Crippen LogP contribution in [0.3, 0.4) is 0 Å². The summed E-state index contributed by atoms with van der Waals surface area (Å²) in [7, 11) is 7.19. The predicted molar refractivity (Wildman–Crippen MR) is 126 cm³/mol. The minimum absolute atomic E-state index is 0.264. The van der Waals surface area contributed by atoms with Gasteiger partial charge in [-0.05, 0) is 6.07 Å². The maximum absolute atomic E-state index is 11.6. The van der Waals surface area contributed by atoms with Gasteiger partial charge in [-0.25, -0.2) is 31.3 Å². The van der Waals surface area contributed by atoms with Gasteiger partial charge in [-0.1, -0.05) is 6.07 Å². The van der Waals surface area contributed by atoms with Crippen molar-refractivity contribution in [2.75, 3.05) is 41.3 Å². The molecule has 4 amide bonds. The van der Waals surface area contributed by atoms with Crippen molar-refractivity contribution >= 4 is 42.1 Å². The smallest absolute Gasteiger partial charge is 0.303 e. The third-order valence-corrected chi connectivity index (χ3v) is 3.64. The lowest BCUT2D eigenvalue weighted by Gasteiger charge is -2.20. The Labute approximate surface area is 190 Å². The first-order valence-electron chi connectivity index (χ1n) is 9.64. The number of amides is 4. The van der Waals surface area contributed by atoms with E-state index in [0.29, 0.717) is 11.4 Å². The number of nitrogens with one attached hydrogen (secondary N) is 2. The zero-order valence-electron chi connectivity index (χ0n) is 18.8. The van der Waals surface area contributed by atoms with Gasteiger partial charge in [0.25, 0.3) is 0 Å². The lowest BCUT2D eigenvalue weighted by Crippen LogP contribution is -2.50. The van der Waals surface area contributed by atoms with E-state index in [1.54, 1.807) is 75.3 Å². The van der Waals surface area contributed by atoms with E-state index in [1.807, 2.05) is 6.07 Å². The van der Waals surface area contributed by atoms with Crippen LogP contribution in [0.25, 0.3) is 0 Å². The van der Waals surface area contributed by atoms with E-state index in [2.05, 4.69) is 41.3 Å². The summed E-state index contributed by atoms with van der Waals surface area (Å²) < 4.78 is 0. The van der Waals surface area contributed by atoms with Crippen LogP contribution in [0.15, 0.2) is 50.0 Å². The van der Waals surface area contributed by atoms with Crippen LogP contribution in [-0.2, 0) is 0 Å². The number of hydrazine groups is 1. The molecular weight excluding hydrogens is 430 g/mol. The molecule has 4 N–H and O–H groups in total. The van der Waals surface area contributed by atoms with Crippen LogP contribution in [0, 0.1) is 0 Å². The molecule has 2 aliphatic heterocycles. The first-order chi connectivity index (χ1) is 15.7. The molecule has 3 rings (SSSR count). The quantitative estimate of drug-likeness (QED) is 0.217. The maximum Gasteiger partial charge on any atom is 0.358 e. The molecule has 0 atom stereocenters. The Morgan fingerprint density at radius 1 is 0.970 bits per heavy atom. The number of nitrogens with zero attached hydrogens (tertiary/aromatic N) is 10. The third kappa shape index (κ3) is 9.09. The second-order valence-corrected chi connectivity index (χ2v) is 6.94. The topological polar surface area (TPSA) is 172 Å². The van der Waals surface area contributed by atoms with E-state index >= 15 is 0 Å². The minimum atomic E-state index is -0.415. The van der Waals surface area contributed by atoms with E-state index < -0.39 is 6.03 Å². The number of hydrogen-bond donors (Lipinski definition) is 3. The highest BCUT2D eigenvalue weighted by atomic mass is 16.2. The number of pyridine rings is 1. The Morgan fingerprint density at radius 2 is 1.58 bits per heavy atom. The fraction of sp³-hybridized carbons (Fsp3) is 0.333. The second-order valence-electron chi connectivity index (χ2n) is 6.94. The van der Waals surface area contributed by atoms with Crippen LogP contribution in [0.4, 0.5) is 9.59 Å². The summed E-state index contributed by atoms with van der Waals surface area (Å²) in [6.07, 6.45) is 8.02. The van der Waals surface area contributed by atoms with Crippen molar-refractivity contribution in [2.24, 2.45) is 31.3 Å². The van der Waals surface area contributed by atoms with Crippen molar-refractivity contribution in [3.8, 4) is 0 Å². The first-order valence-corrected chi connectivity index (χ1v) is 9.64. The van der Waals surface area contributed by atoms with E-state index in [1.165, 1.54) is 5.01 Å². The summed E-state index contributed by atoms with van der Waals surface area (Å²) in [6, 6.07) is 2.85. The third-order valence-electron chi connectivity index (χ3n) is 3.64. The number of aromatic nitrogens is 1. The van der Waals surface area contributed by atoms with Gasteiger partial charge in [0, 0.05) is 46.1 Å². The van der Waals surface area contributed by atoms with Gasteiger partial charge in [0.2, 0.25) is 0 Å². The number of nitrogens with two attached hydrogens (primary N) is 1. The van der Waals surface area contributed by atoms with E-state index in [4.69, 9.17) is 5.84 Å². The Bertz CT molecular complexity index is 953. The van der Waals surface area contributed by atoms with Gasteiger partial charge >= 0.3 is 12.1 Å². The van der Waals surface area contributed by atoms with E-state index in [9.17, 15) is 9.59 Å². The number of urea groups is 2. The fourth-order valence-electron chi connectivity index (χ4n) is 2.09. The molecule has 176 valence electrons. The van der Waals surface area contributed by atoms with E-state index in [-0.39, 0.29) is 19.1 Å². The van der Waals surface area contributed by atoms with E-state index in [0.717, 1.165) is 10.6 Å². The van der Waals surface area contributed by atoms with Crippen molar-refractivity contribution in [3.63, 3.8) is 0 Å². The number of hydrogen-bond acceptors (Lipinski definition) is 11. The summed E-state index contributed by atoms with van der Waals surface area (Å²) in [5.41, 5.74) is 6.66. The molecule has 0 saturated carbocycles. The highest BCUT2D eigenvalue weighted by Crippen LogP contribution is 1.99. The van der Waals surface area contributed by atoms with Crippen molar-refractivity contribution in [1.29, 1.82) is 0 Å². The molecule has 15 heteroatoms. The highest BCUT2D eigenvalue weighted by molar-refractivity contribution is 6.32. The lowest BCUT2D eigenvalue weighted by molar-refractivity contribution is 0.203. The van der Waals surface area contributed by atoms with Crippen molar-refractivity contribution in [3.05, 3.63) is 30.1 Å². The molecule has 3 heterocycles. The highest BCUT2D eigenvalue weighted by Gasteiger charge is 2.19. The average molecular weight is 458 g/mol. The molecule has 33 heavy (non-hydrogen) atoms. The van der Waals surface area contributed by atoms with Gasteiger partial charge in [-0.15, -0.1) is 0 Å². The van der Waals surface area contributed by atoms with Gasteiger partial charge in [-0.2, -0.15) is 25.5 Å². The molecule has 15 nitrogen and oxygen atoms in total. The summed E-state index contributed by atoms with van der Waals surface area (Å²) in [4.78, 5) is 26.4. The summed E-state index contributed by atoms with van der Waals surface area (Å²) in [6.45, 7) is 0.531. The maximum atomic E-state index is 11.6. The normalized spacial score (nSPS) is 16.3. The molecular formula is C18H27N13O2. The van der Waals surface area contributed by atoms with Crippen LogP contribution >= 0.6 is 0 Å². The van der Waals surface area contributed by atoms with Crippen molar-refractivity contribution in [2.45, 2.75) is 0 Å². The first kappa shape index (κ1) is 24.9. The van der Waals surface area contributed by atoms with Crippen LogP contribution < -0.4 is 16.7 Å². The zero-order chi connectivity index (χ0) is 24.2. The summed E-state index contributed by atoms with van der Waals surface area (Å²) in [5.74, 6) is 5.34.